The molecule has 0 saturated carbocycles. The average molecular weight is 215 g/mol. The molecule has 15 heavy (non-hydrogen) atoms. The Hall–Kier alpha value is -0.870. The number of carbonyl (C=O) groups is 1. The lowest BCUT2D eigenvalue weighted by molar-refractivity contribution is -0.140. The molecule has 0 aromatic rings. The summed E-state index contributed by atoms with van der Waals surface area (Å²) in [4.78, 5) is 10.8. The zero-order chi connectivity index (χ0) is 11.5. The van der Waals surface area contributed by atoms with Crippen molar-refractivity contribution >= 4 is 5.91 Å². The molecule has 0 radical (unpaired) electrons. The number of ether oxygens (including phenoxy) is 2. The summed E-state index contributed by atoms with van der Waals surface area (Å²) in [6.07, 6.45) is 2.74. The van der Waals surface area contributed by atoms with Gasteiger partial charge in [0.15, 0.2) is 6.29 Å². The zero-order valence-electron chi connectivity index (χ0n) is 9.62. The molecule has 0 aromatic heterocycles. The minimum Gasteiger partial charge on any atom is -0.353 e. The van der Waals surface area contributed by atoms with Crippen LogP contribution in [-0.2, 0) is 14.3 Å². The third kappa shape index (κ3) is 8.15. The third-order valence-electron chi connectivity index (χ3n) is 1.81. The van der Waals surface area contributed by atoms with Crippen LogP contribution >= 0.6 is 0 Å². The molecule has 0 aliphatic heterocycles. The highest BCUT2D eigenvalue weighted by Gasteiger charge is 2.06. The van der Waals surface area contributed by atoms with Crippen molar-refractivity contribution < 1.29 is 14.3 Å². The quantitative estimate of drug-likeness (QED) is 0.360. The second kappa shape index (κ2) is 9.68. The van der Waals surface area contributed by atoms with Gasteiger partial charge in [-0.1, -0.05) is 6.58 Å². The number of carbonyl (C=O) groups excluding carboxylic acids is 1. The van der Waals surface area contributed by atoms with Gasteiger partial charge in [-0.15, -0.1) is 0 Å². The van der Waals surface area contributed by atoms with E-state index in [0.29, 0.717) is 19.8 Å². The minimum atomic E-state index is -0.152. The van der Waals surface area contributed by atoms with E-state index in [1.807, 2.05) is 13.8 Å². The molecule has 4 heteroatoms. The highest BCUT2D eigenvalue weighted by atomic mass is 16.7. The van der Waals surface area contributed by atoms with Gasteiger partial charge in [-0.3, -0.25) is 4.79 Å². The van der Waals surface area contributed by atoms with Crippen molar-refractivity contribution in [3.8, 4) is 0 Å². The van der Waals surface area contributed by atoms with E-state index in [0.717, 1.165) is 12.8 Å². The largest absolute Gasteiger partial charge is 0.353 e. The maximum absolute atomic E-state index is 10.8. The Morgan fingerprint density at radius 1 is 1.40 bits per heavy atom. The molecule has 0 aliphatic carbocycles. The molecule has 0 saturated heterocycles. The van der Waals surface area contributed by atoms with Crippen LogP contribution in [-0.4, -0.2) is 32.0 Å². The van der Waals surface area contributed by atoms with Gasteiger partial charge in [0.05, 0.1) is 0 Å². The molecule has 0 rings (SSSR count). The first-order chi connectivity index (χ1) is 7.24. The lowest BCUT2D eigenvalue weighted by Gasteiger charge is -2.16. The van der Waals surface area contributed by atoms with Crippen LogP contribution in [0.2, 0.25) is 0 Å². The number of rotatable bonds is 9. The molecule has 0 bridgehead atoms. The summed E-state index contributed by atoms with van der Waals surface area (Å²) in [5, 5.41) is 2.70. The van der Waals surface area contributed by atoms with Gasteiger partial charge in [0.2, 0.25) is 5.91 Å². The molecule has 0 spiro atoms. The molecule has 0 aromatic carbocycles. The molecular formula is C11H21NO3. The van der Waals surface area contributed by atoms with Crippen LogP contribution < -0.4 is 5.32 Å². The standard InChI is InChI=1S/C11H21NO3/c1-4-10(13)12-9-7-8-11(14-5-2)15-6-3/h4,11H,1,5-9H2,2-3H3,(H,12,13). The Kier molecular flexibility index (Phi) is 9.11. The predicted molar refractivity (Wildman–Crippen MR) is 59.5 cm³/mol. The molecule has 0 heterocycles. The van der Waals surface area contributed by atoms with Crippen molar-refractivity contribution in [1.82, 2.24) is 5.32 Å². The lowest BCUT2D eigenvalue weighted by atomic mass is 10.3. The summed E-state index contributed by atoms with van der Waals surface area (Å²) in [5.41, 5.74) is 0. The van der Waals surface area contributed by atoms with Gasteiger partial charge in [-0.05, 0) is 26.3 Å². The molecule has 1 N–H and O–H groups in total. The van der Waals surface area contributed by atoms with E-state index in [-0.39, 0.29) is 12.2 Å². The Balaban J connectivity index is 3.52. The molecule has 1 amide bonds. The summed E-state index contributed by atoms with van der Waals surface area (Å²) >= 11 is 0. The minimum absolute atomic E-state index is 0.139. The summed E-state index contributed by atoms with van der Waals surface area (Å²) < 4.78 is 10.7. The van der Waals surface area contributed by atoms with Crippen LogP contribution in [0.3, 0.4) is 0 Å². The summed E-state index contributed by atoms with van der Waals surface area (Å²) in [6, 6.07) is 0. The SMILES string of the molecule is C=CC(=O)NCCCC(OCC)OCC. The van der Waals surface area contributed by atoms with E-state index in [2.05, 4.69) is 11.9 Å². The Morgan fingerprint density at radius 2 is 2.00 bits per heavy atom. The van der Waals surface area contributed by atoms with E-state index in [9.17, 15) is 4.79 Å². The fourth-order valence-electron chi connectivity index (χ4n) is 1.14. The summed E-state index contributed by atoms with van der Waals surface area (Å²) in [7, 11) is 0. The first-order valence-corrected chi connectivity index (χ1v) is 5.38. The van der Waals surface area contributed by atoms with Gasteiger partial charge < -0.3 is 14.8 Å². The number of hydrogen-bond acceptors (Lipinski definition) is 3. The van der Waals surface area contributed by atoms with Gasteiger partial charge in [0.1, 0.15) is 0 Å². The highest BCUT2D eigenvalue weighted by Crippen LogP contribution is 2.03. The van der Waals surface area contributed by atoms with Gasteiger partial charge in [0.25, 0.3) is 0 Å². The molecule has 0 unspecified atom stereocenters. The first kappa shape index (κ1) is 14.1. The Bertz CT molecular complexity index is 177. The smallest absolute Gasteiger partial charge is 0.243 e. The van der Waals surface area contributed by atoms with Crippen LogP contribution in [0, 0.1) is 0 Å². The molecule has 4 nitrogen and oxygen atoms in total. The normalized spacial score (nSPS) is 10.3. The predicted octanol–water partition coefficient (Wildman–Crippen LogP) is 1.47. The van der Waals surface area contributed by atoms with Crippen LogP contribution in [0.5, 0.6) is 0 Å². The number of nitrogens with one attached hydrogen (secondary N) is 1. The fraction of sp³-hybridized carbons (Fsp3) is 0.727. The maximum Gasteiger partial charge on any atom is 0.243 e. The van der Waals surface area contributed by atoms with Gasteiger partial charge in [0, 0.05) is 26.2 Å². The van der Waals surface area contributed by atoms with E-state index in [1.165, 1.54) is 6.08 Å². The molecular weight excluding hydrogens is 194 g/mol. The third-order valence-corrected chi connectivity index (χ3v) is 1.81. The number of amides is 1. The molecule has 88 valence electrons. The van der Waals surface area contributed by atoms with Crippen molar-refractivity contribution in [1.29, 1.82) is 0 Å². The second-order valence-electron chi connectivity index (χ2n) is 2.98. The van der Waals surface area contributed by atoms with Crippen molar-refractivity contribution in [2.24, 2.45) is 0 Å². The van der Waals surface area contributed by atoms with Crippen LogP contribution in [0.25, 0.3) is 0 Å². The maximum atomic E-state index is 10.8. The fourth-order valence-corrected chi connectivity index (χ4v) is 1.14. The van der Waals surface area contributed by atoms with Crippen molar-refractivity contribution in [3.05, 3.63) is 12.7 Å². The van der Waals surface area contributed by atoms with Crippen LogP contribution in [0.1, 0.15) is 26.7 Å². The lowest BCUT2D eigenvalue weighted by Crippen LogP contribution is -2.24. The topological polar surface area (TPSA) is 47.6 Å². The summed E-state index contributed by atoms with van der Waals surface area (Å²) in [5.74, 6) is -0.139. The van der Waals surface area contributed by atoms with Gasteiger partial charge >= 0.3 is 0 Å². The second-order valence-corrected chi connectivity index (χ2v) is 2.98. The van der Waals surface area contributed by atoms with E-state index in [4.69, 9.17) is 9.47 Å². The Morgan fingerprint density at radius 3 is 2.47 bits per heavy atom. The van der Waals surface area contributed by atoms with E-state index in [1.54, 1.807) is 0 Å². The van der Waals surface area contributed by atoms with Crippen molar-refractivity contribution in [2.45, 2.75) is 33.0 Å². The highest BCUT2D eigenvalue weighted by molar-refractivity contribution is 5.86. The van der Waals surface area contributed by atoms with Gasteiger partial charge in [-0.25, -0.2) is 0 Å². The Labute approximate surface area is 91.6 Å². The molecule has 0 fully saturated rings. The number of hydrogen-bond donors (Lipinski definition) is 1. The first-order valence-electron chi connectivity index (χ1n) is 5.38. The van der Waals surface area contributed by atoms with Crippen LogP contribution in [0.15, 0.2) is 12.7 Å². The van der Waals surface area contributed by atoms with E-state index >= 15 is 0 Å². The van der Waals surface area contributed by atoms with Gasteiger partial charge in [-0.2, -0.15) is 0 Å². The molecule has 0 aliphatic rings. The average Bonchev–Trinajstić information content (AvgIpc) is 2.24. The monoisotopic (exact) mass is 215 g/mol. The van der Waals surface area contributed by atoms with Crippen molar-refractivity contribution in [2.75, 3.05) is 19.8 Å². The van der Waals surface area contributed by atoms with Crippen molar-refractivity contribution in [3.63, 3.8) is 0 Å². The summed E-state index contributed by atoms with van der Waals surface area (Å²) in [6.45, 7) is 9.16. The van der Waals surface area contributed by atoms with E-state index < -0.39 is 0 Å². The van der Waals surface area contributed by atoms with Crippen LogP contribution in [0.4, 0.5) is 0 Å². The molecule has 0 atom stereocenters. The zero-order valence-corrected chi connectivity index (χ0v) is 9.62.